The number of hydrogen-bond acceptors (Lipinski definition) is 5. The molecule has 19 heavy (non-hydrogen) atoms. The molecule has 0 saturated heterocycles. The lowest BCUT2D eigenvalue weighted by molar-refractivity contribution is -0.0260. The highest BCUT2D eigenvalue weighted by Crippen LogP contribution is 2.32. The van der Waals surface area contributed by atoms with Crippen LogP contribution in [0.5, 0.6) is 11.5 Å². The van der Waals surface area contributed by atoms with Gasteiger partial charge in [0, 0.05) is 13.7 Å². The van der Waals surface area contributed by atoms with Gasteiger partial charge in [0.05, 0.1) is 13.2 Å². The Balaban J connectivity index is 2.96. The van der Waals surface area contributed by atoms with Gasteiger partial charge in [-0.1, -0.05) is 6.07 Å². The molecule has 1 aromatic carbocycles. The van der Waals surface area contributed by atoms with Gasteiger partial charge in [-0.05, 0) is 31.5 Å². The third-order valence-electron chi connectivity index (χ3n) is 2.63. The standard InChI is InChI=1S/C14H22O5/c1-5-18-14(10(2)15)11-6-7-12(19-9-16-3)13(8-11)17-4/h6-8,10,14-15H,5,9H2,1-4H3. The zero-order chi connectivity index (χ0) is 14.3. The second kappa shape index (κ2) is 7.99. The Bertz CT molecular complexity index is 378. The van der Waals surface area contributed by atoms with E-state index in [9.17, 15) is 5.11 Å². The average Bonchev–Trinajstić information content (AvgIpc) is 2.42. The molecule has 0 amide bonds. The van der Waals surface area contributed by atoms with Gasteiger partial charge in [0.2, 0.25) is 0 Å². The first-order valence-electron chi connectivity index (χ1n) is 6.23. The van der Waals surface area contributed by atoms with Gasteiger partial charge in [-0.15, -0.1) is 0 Å². The molecular weight excluding hydrogens is 248 g/mol. The first-order valence-corrected chi connectivity index (χ1v) is 6.23. The molecule has 0 aliphatic carbocycles. The minimum atomic E-state index is -0.601. The minimum absolute atomic E-state index is 0.154. The lowest BCUT2D eigenvalue weighted by Gasteiger charge is -2.21. The van der Waals surface area contributed by atoms with Crippen LogP contribution in [0.2, 0.25) is 0 Å². The molecule has 1 rings (SSSR count). The van der Waals surface area contributed by atoms with Crippen LogP contribution < -0.4 is 9.47 Å². The summed E-state index contributed by atoms with van der Waals surface area (Å²) >= 11 is 0. The SMILES string of the molecule is CCOC(c1ccc(OCOC)c(OC)c1)C(C)O. The van der Waals surface area contributed by atoms with Crippen LogP contribution in [0.25, 0.3) is 0 Å². The predicted molar refractivity (Wildman–Crippen MR) is 71.5 cm³/mol. The van der Waals surface area contributed by atoms with Crippen molar-refractivity contribution in [1.29, 1.82) is 0 Å². The van der Waals surface area contributed by atoms with Crippen LogP contribution in [-0.4, -0.2) is 38.8 Å². The Morgan fingerprint density at radius 3 is 2.47 bits per heavy atom. The van der Waals surface area contributed by atoms with E-state index in [1.165, 1.54) is 0 Å². The Labute approximate surface area is 114 Å². The van der Waals surface area contributed by atoms with Crippen molar-refractivity contribution in [3.63, 3.8) is 0 Å². The summed E-state index contributed by atoms with van der Waals surface area (Å²) in [6, 6.07) is 5.43. The van der Waals surface area contributed by atoms with Crippen LogP contribution in [0.1, 0.15) is 25.5 Å². The quantitative estimate of drug-likeness (QED) is 0.733. The zero-order valence-electron chi connectivity index (χ0n) is 11.9. The molecule has 1 N–H and O–H groups in total. The molecule has 0 spiro atoms. The Hall–Kier alpha value is -1.30. The highest BCUT2D eigenvalue weighted by atomic mass is 16.7. The topological polar surface area (TPSA) is 57.2 Å². The molecule has 0 heterocycles. The van der Waals surface area contributed by atoms with Crippen molar-refractivity contribution in [1.82, 2.24) is 0 Å². The van der Waals surface area contributed by atoms with Crippen molar-refractivity contribution >= 4 is 0 Å². The van der Waals surface area contributed by atoms with E-state index in [0.717, 1.165) is 5.56 Å². The molecule has 0 aliphatic heterocycles. The monoisotopic (exact) mass is 270 g/mol. The molecule has 2 unspecified atom stereocenters. The Morgan fingerprint density at radius 2 is 1.95 bits per heavy atom. The number of aliphatic hydroxyl groups is 1. The summed E-state index contributed by atoms with van der Waals surface area (Å²) in [5, 5.41) is 9.75. The highest BCUT2D eigenvalue weighted by molar-refractivity contribution is 5.43. The molecule has 0 fully saturated rings. The van der Waals surface area contributed by atoms with Gasteiger partial charge < -0.3 is 24.1 Å². The summed E-state index contributed by atoms with van der Waals surface area (Å²) < 4.78 is 21.1. The lowest BCUT2D eigenvalue weighted by Crippen LogP contribution is -2.18. The van der Waals surface area contributed by atoms with Gasteiger partial charge in [-0.25, -0.2) is 0 Å². The van der Waals surface area contributed by atoms with Crippen LogP contribution in [0.15, 0.2) is 18.2 Å². The summed E-state index contributed by atoms with van der Waals surface area (Å²) in [6.07, 6.45) is -0.981. The first-order chi connectivity index (χ1) is 9.13. The lowest BCUT2D eigenvalue weighted by atomic mass is 10.0. The van der Waals surface area contributed by atoms with Crippen LogP contribution in [0, 0.1) is 0 Å². The van der Waals surface area contributed by atoms with Gasteiger partial charge in [-0.3, -0.25) is 0 Å². The molecule has 1 aromatic rings. The minimum Gasteiger partial charge on any atom is -0.493 e. The number of benzene rings is 1. The van der Waals surface area contributed by atoms with Crippen molar-refractivity contribution < 1.29 is 24.1 Å². The molecule has 0 bridgehead atoms. The van der Waals surface area contributed by atoms with Gasteiger partial charge in [-0.2, -0.15) is 0 Å². The van der Waals surface area contributed by atoms with Crippen LogP contribution in [0.4, 0.5) is 0 Å². The van der Waals surface area contributed by atoms with Crippen LogP contribution >= 0.6 is 0 Å². The fourth-order valence-corrected chi connectivity index (χ4v) is 1.80. The average molecular weight is 270 g/mol. The van der Waals surface area contributed by atoms with E-state index in [0.29, 0.717) is 18.1 Å². The smallest absolute Gasteiger partial charge is 0.188 e. The molecule has 0 saturated carbocycles. The second-order valence-corrected chi connectivity index (χ2v) is 4.08. The van der Waals surface area contributed by atoms with Gasteiger partial charge >= 0.3 is 0 Å². The van der Waals surface area contributed by atoms with E-state index in [1.807, 2.05) is 13.0 Å². The maximum absolute atomic E-state index is 9.75. The number of methoxy groups -OCH3 is 2. The Morgan fingerprint density at radius 1 is 1.21 bits per heavy atom. The molecule has 2 atom stereocenters. The molecule has 108 valence electrons. The van der Waals surface area contributed by atoms with Gasteiger partial charge in [0.1, 0.15) is 6.10 Å². The maximum Gasteiger partial charge on any atom is 0.188 e. The third-order valence-corrected chi connectivity index (χ3v) is 2.63. The highest BCUT2D eigenvalue weighted by Gasteiger charge is 2.19. The van der Waals surface area contributed by atoms with Crippen molar-refractivity contribution in [3.05, 3.63) is 23.8 Å². The maximum atomic E-state index is 9.75. The van der Waals surface area contributed by atoms with Crippen molar-refractivity contribution in [3.8, 4) is 11.5 Å². The molecule has 5 nitrogen and oxygen atoms in total. The van der Waals surface area contributed by atoms with Crippen LogP contribution in [-0.2, 0) is 9.47 Å². The van der Waals surface area contributed by atoms with E-state index in [4.69, 9.17) is 18.9 Å². The Kier molecular flexibility index (Phi) is 6.62. The fraction of sp³-hybridized carbons (Fsp3) is 0.571. The van der Waals surface area contributed by atoms with E-state index in [2.05, 4.69) is 0 Å². The number of ether oxygens (including phenoxy) is 4. The number of aliphatic hydroxyl groups excluding tert-OH is 1. The zero-order valence-corrected chi connectivity index (χ0v) is 11.9. The summed E-state index contributed by atoms with van der Waals surface area (Å²) in [5.74, 6) is 1.17. The number of hydrogen-bond donors (Lipinski definition) is 1. The van der Waals surface area contributed by atoms with Crippen molar-refractivity contribution in [2.24, 2.45) is 0 Å². The van der Waals surface area contributed by atoms with E-state index in [-0.39, 0.29) is 12.9 Å². The van der Waals surface area contributed by atoms with Crippen LogP contribution in [0.3, 0.4) is 0 Å². The van der Waals surface area contributed by atoms with Crippen molar-refractivity contribution in [2.75, 3.05) is 27.6 Å². The summed E-state index contributed by atoms with van der Waals surface area (Å²) in [5.41, 5.74) is 0.846. The van der Waals surface area contributed by atoms with Crippen molar-refractivity contribution in [2.45, 2.75) is 26.1 Å². The third kappa shape index (κ3) is 4.38. The normalized spacial score (nSPS) is 13.9. The fourth-order valence-electron chi connectivity index (χ4n) is 1.80. The van der Waals surface area contributed by atoms with Gasteiger partial charge in [0.15, 0.2) is 18.3 Å². The summed E-state index contributed by atoms with van der Waals surface area (Å²) in [4.78, 5) is 0. The summed E-state index contributed by atoms with van der Waals surface area (Å²) in [7, 11) is 3.12. The predicted octanol–water partition coefficient (Wildman–Crippen LogP) is 2.14. The molecule has 0 radical (unpaired) electrons. The summed E-state index contributed by atoms with van der Waals surface area (Å²) in [6.45, 7) is 4.27. The molecule has 5 heteroatoms. The van der Waals surface area contributed by atoms with E-state index in [1.54, 1.807) is 33.3 Å². The molecule has 0 aromatic heterocycles. The van der Waals surface area contributed by atoms with E-state index < -0.39 is 6.10 Å². The first kappa shape index (κ1) is 15.8. The van der Waals surface area contributed by atoms with Gasteiger partial charge in [0.25, 0.3) is 0 Å². The molecule has 0 aliphatic rings. The molecular formula is C14H22O5. The largest absolute Gasteiger partial charge is 0.493 e. The second-order valence-electron chi connectivity index (χ2n) is 4.08. The van der Waals surface area contributed by atoms with E-state index >= 15 is 0 Å². The number of rotatable bonds is 8.